The third kappa shape index (κ3) is 5.18. The van der Waals surface area contributed by atoms with E-state index in [0.717, 1.165) is 0 Å². The van der Waals surface area contributed by atoms with Gasteiger partial charge in [-0.05, 0) is 26.7 Å². The Morgan fingerprint density at radius 1 is 1.11 bits per heavy atom. The minimum atomic E-state index is -1.45. The number of carboxylic acids is 2. The molecule has 0 saturated carbocycles. The van der Waals surface area contributed by atoms with Crippen molar-refractivity contribution in [3.63, 3.8) is 0 Å². The van der Waals surface area contributed by atoms with Crippen molar-refractivity contribution >= 4 is 11.9 Å². The van der Waals surface area contributed by atoms with Gasteiger partial charge in [-0.15, -0.1) is 0 Å². The van der Waals surface area contributed by atoms with Crippen LogP contribution in [0.25, 0.3) is 0 Å². The minimum absolute atomic E-state index is 0.104. The van der Waals surface area contributed by atoms with Crippen LogP contribution in [0, 0.1) is 0 Å². The first kappa shape index (κ1) is 16.4. The lowest BCUT2D eigenvalue weighted by atomic mass is 10.1. The maximum Gasteiger partial charge on any atom is 0.375 e. The molecule has 0 atom stereocenters. The summed E-state index contributed by atoms with van der Waals surface area (Å²) in [5.74, 6) is -3.43. The van der Waals surface area contributed by atoms with Crippen molar-refractivity contribution in [1.82, 2.24) is 0 Å². The van der Waals surface area contributed by atoms with Crippen molar-refractivity contribution in [2.75, 3.05) is 0 Å². The zero-order valence-electron chi connectivity index (χ0n) is 11.1. The minimum Gasteiger partial charge on any atom is -0.478 e. The third-order valence-corrected chi connectivity index (χ3v) is 2.43. The molecule has 0 aliphatic carbocycles. The van der Waals surface area contributed by atoms with Crippen LogP contribution in [0.1, 0.15) is 47.0 Å². The molecule has 2 N–H and O–H groups in total. The van der Waals surface area contributed by atoms with Gasteiger partial charge in [0.05, 0.1) is 5.57 Å². The van der Waals surface area contributed by atoms with Crippen LogP contribution in [-0.2, 0) is 19.4 Å². The molecule has 0 aromatic carbocycles. The predicted molar refractivity (Wildman–Crippen MR) is 63.7 cm³/mol. The Bertz CT molecular complexity index is 342. The molecule has 0 amide bonds. The molecule has 6 nitrogen and oxygen atoms in total. The van der Waals surface area contributed by atoms with Crippen molar-refractivity contribution in [2.45, 2.75) is 52.6 Å². The van der Waals surface area contributed by atoms with Gasteiger partial charge >= 0.3 is 11.9 Å². The summed E-state index contributed by atoms with van der Waals surface area (Å²) < 4.78 is 0. The van der Waals surface area contributed by atoms with E-state index in [1.807, 2.05) is 6.92 Å². The van der Waals surface area contributed by atoms with E-state index in [9.17, 15) is 9.59 Å². The molecule has 104 valence electrons. The van der Waals surface area contributed by atoms with Crippen molar-refractivity contribution in [3.05, 3.63) is 11.3 Å². The average molecular weight is 260 g/mol. The molecule has 0 spiro atoms. The third-order valence-electron chi connectivity index (χ3n) is 2.43. The Labute approximate surface area is 106 Å². The van der Waals surface area contributed by atoms with Crippen molar-refractivity contribution in [1.29, 1.82) is 0 Å². The molecule has 0 saturated heterocycles. The summed E-state index contributed by atoms with van der Waals surface area (Å²) in [6, 6.07) is 0. The predicted octanol–water partition coefficient (Wildman–Crippen LogP) is 2.35. The summed E-state index contributed by atoms with van der Waals surface area (Å²) >= 11 is 0. The van der Waals surface area contributed by atoms with Crippen LogP contribution in [0.3, 0.4) is 0 Å². The van der Waals surface area contributed by atoms with Crippen LogP contribution in [0.5, 0.6) is 0 Å². The fourth-order valence-electron chi connectivity index (χ4n) is 0.996. The molecule has 6 heteroatoms. The first-order valence-electron chi connectivity index (χ1n) is 5.80. The standard InChI is InChI=1S/C12H20O6/c1-5-7-8(10(13)14)9(11(15)16)17-18-12(3,4)6-2/h5-7H2,1-4H3,(H,13,14)(H,15,16)/b9-8-. The molecule has 0 unspecified atom stereocenters. The van der Waals surface area contributed by atoms with Gasteiger partial charge in [0.2, 0.25) is 0 Å². The van der Waals surface area contributed by atoms with Crippen LogP contribution in [0.4, 0.5) is 0 Å². The molecule has 0 aromatic rings. The van der Waals surface area contributed by atoms with Crippen molar-refractivity contribution in [3.8, 4) is 0 Å². The van der Waals surface area contributed by atoms with Gasteiger partial charge in [0.15, 0.2) is 0 Å². The summed E-state index contributed by atoms with van der Waals surface area (Å²) in [5, 5.41) is 17.9. The van der Waals surface area contributed by atoms with Gasteiger partial charge in [-0.25, -0.2) is 9.59 Å². The molecule has 0 aromatic heterocycles. The second-order valence-corrected chi connectivity index (χ2v) is 4.45. The van der Waals surface area contributed by atoms with E-state index in [4.69, 9.17) is 20.0 Å². The van der Waals surface area contributed by atoms with Gasteiger partial charge in [0.25, 0.3) is 5.76 Å². The molecular weight excluding hydrogens is 240 g/mol. The smallest absolute Gasteiger partial charge is 0.375 e. The Morgan fingerprint density at radius 3 is 2.00 bits per heavy atom. The summed E-state index contributed by atoms with van der Waals surface area (Å²) in [5.41, 5.74) is -0.979. The number of hydrogen-bond donors (Lipinski definition) is 2. The Hall–Kier alpha value is -1.56. The van der Waals surface area contributed by atoms with Crippen LogP contribution >= 0.6 is 0 Å². The number of hydrogen-bond acceptors (Lipinski definition) is 4. The van der Waals surface area contributed by atoms with E-state index in [-0.39, 0.29) is 12.0 Å². The monoisotopic (exact) mass is 260 g/mol. The van der Waals surface area contributed by atoms with Gasteiger partial charge in [0.1, 0.15) is 5.60 Å². The number of aliphatic carboxylic acids is 2. The van der Waals surface area contributed by atoms with Gasteiger partial charge in [-0.2, -0.15) is 4.89 Å². The highest BCUT2D eigenvalue weighted by molar-refractivity contribution is 5.97. The van der Waals surface area contributed by atoms with E-state index in [2.05, 4.69) is 0 Å². The summed E-state index contributed by atoms with van der Waals surface area (Å²) in [6.07, 6.45) is 1.20. The second kappa shape index (κ2) is 7.00. The second-order valence-electron chi connectivity index (χ2n) is 4.45. The summed E-state index contributed by atoms with van der Waals surface area (Å²) in [6.45, 7) is 7.02. The van der Waals surface area contributed by atoms with Crippen LogP contribution < -0.4 is 0 Å². The molecule has 0 bridgehead atoms. The van der Waals surface area contributed by atoms with Gasteiger partial charge in [-0.3, -0.25) is 0 Å². The largest absolute Gasteiger partial charge is 0.478 e. The highest BCUT2D eigenvalue weighted by Gasteiger charge is 2.26. The Balaban J connectivity index is 5.10. The normalized spacial score (nSPS) is 12.9. The van der Waals surface area contributed by atoms with Gasteiger partial charge in [-0.1, -0.05) is 20.3 Å². The molecular formula is C12H20O6. The lowest BCUT2D eigenvalue weighted by Gasteiger charge is -2.22. The molecule has 0 rings (SSSR count). The maximum atomic E-state index is 11.0. The SMILES string of the molecule is CCC/C(C(=O)O)=C(/OOC(C)(C)CC)C(=O)O. The van der Waals surface area contributed by atoms with Crippen molar-refractivity contribution in [2.24, 2.45) is 0 Å². The lowest BCUT2D eigenvalue weighted by Crippen LogP contribution is -2.25. The van der Waals surface area contributed by atoms with Crippen LogP contribution in [-0.4, -0.2) is 27.8 Å². The molecule has 0 fully saturated rings. The first-order chi connectivity index (χ1) is 8.25. The molecule has 0 aliphatic heterocycles. The number of rotatable bonds is 8. The fraction of sp³-hybridized carbons (Fsp3) is 0.667. The van der Waals surface area contributed by atoms with E-state index in [0.29, 0.717) is 12.8 Å². The number of carbonyl (C=O) groups is 2. The van der Waals surface area contributed by atoms with E-state index in [1.54, 1.807) is 20.8 Å². The number of carboxylic acid groups (broad SMARTS) is 2. The highest BCUT2D eigenvalue weighted by atomic mass is 17.2. The summed E-state index contributed by atoms with van der Waals surface area (Å²) in [7, 11) is 0. The lowest BCUT2D eigenvalue weighted by molar-refractivity contribution is -0.326. The average Bonchev–Trinajstić information content (AvgIpc) is 2.27. The fourth-order valence-corrected chi connectivity index (χ4v) is 0.996. The highest BCUT2D eigenvalue weighted by Crippen LogP contribution is 2.20. The quantitative estimate of drug-likeness (QED) is 0.301. The van der Waals surface area contributed by atoms with Crippen LogP contribution in [0.15, 0.2) is 11.3 Å². The molecule has 18 heavy (non-hydrogen) atoms. The van der Waals surface area contributed by atoms with Crippen molar-refractivity contribution < 1.29 is 29.6 Å². The van der Waals surface area contributed by atoms with Crippen LogP contribution in [0.2, 0.25) is 0 Å². The van der Waals surface area contributed by atoms with E-state index in [1.165, 1.54) is 0 Å². The Morgan fingerprint density at radius 2 is 1.67 bits per heavy atom. The topological polar surface area (TPSA) is 93.1 Å². The molecule has 0 radical (unpaired) electrons. The summed E-state index contributed by atoms with van der Waals surface area (Å²) in [4.78, 5) is 31.7. The zero-order chi connectivity index (χ0) is 14.3. The Kier molecular flexibility index (Phi) is 6.40. The molecule has 0 heterocycles. The van der Waals surface area contributed by atoms with Gasteiger partial charge < -0.3 is 15.1 Å². The van der Waals surface area contributed by atoms with E-state index < -0.39 is 23.3 Å². The first-order valence-corrected chi connectivity index (χ1v) is 5.80. The molecule has 0 aliphatic rings. The zero-order valence-corrected chi connectivity index (χ0v) is 11.1. The van der Waals surface area contributed by atoms with E-state index >= 15 is 0 Å². The maximum absolute atomic E-state index is 11.0. The van der Waals surface area contributed by atoms with Gasteiger partial charge in [0, 0.05) is 0 Å².